The van der Waals surface area contributed by atoms with Crippen LogP contribution in [0.1, 0.15) is 6.92 Å². The summed E-state index contributed by atoms with van der Waals surface area (Å²) >= 11 is 0. The Bertz CT molecular complexity index is 241. The fourth-order valence-electron chi connectivity index (χ4n) is 0.820. The maximum atomic E-state index is 11.7. The van der Waals surface area contributed by atoms with Crippen molar-refractivity contribution < 1.29 is 18.0 Å². The van der Waals surface area contributed by atoms with E-state index in [2.05, 4.69) is 0 Å². The van der Waals surface area contributed by atoms with Crippen LogP contribution in [0.4, 0.5) is 18.0 Å². The summed E-state index contributed by atoms with van der Waals surface area (Å²) in [5.41, 5.74) is 5.03. The Morgan fingerprint density at radius 3 is 2.40 bits per heavy atom. The zero-order valence-corrected chi connectivity index (χ0v) is 8.19. The van der Waals surface area contributed by atoms with Crippen molar-refractivity contribution in [1.29, 1.82) is 5.41 Å². The quantitative estimate of drug-likeness (QED) is 0.482. The van der Waals surface area contributed by atoms with E-state index < -0.39 is 18.8 Å². The van der Waals surface area contributed by atoms with E-state index in [-0.39, 0.29) is 18.9 Å². The molecular formula is C7H13F3N4O. The Balaban J connectivity index is 4.11. The summed E-state index contributed by atoms with van der Waals surface area (Å²) in [5.74, 6) is -0.279. The van der Waals surface area contributed by atoms with Crippen LogP contribution < -0.4 is 11.1 Å². The first kappa shape index (κ1) is 13.5. The lowest BCUT2D eigenvalue weighted by Gasteiger charge is -2.20. The van der Waals surface area contributed by atoms with E-state index in [1.165, 1.54) is 0 Å². The lowest BCUT2D eigenvalue weighted by Crippen LogP contribution is -2.46. The highest BCUT2D eigenvalue weighted by Crippen LogP contribution is 2.12. The number of nitrogens with two attached hydrogens (primary N) is 1. The SMILES string of the molecule is CCN(CC(=N)N)C(=O)NCC(F)(F)F. The average Bonchev–Trinajstić information content (AvgIpc) is 2.08. The second-order valence-corrected chi connectivity index (χ2v) is 2.81. The van der Waals surface area contributed by atoms with Crippen LogP contribution in [0.5, 0.6) is 0 Å². The molecule has 0 radical (unpaired) electrons. The van der Waals surface area contributed by atoms with Crippen molar-refractivity contribution in [2.45, 2.75) is 13.1 Å². The van der Waals surface area contributed by atoms with Crippen molar-refractivity contribution in [1.82, 2.24) is 10.2 Å². The summed E-state index contributed by atoms with van der Waals surface area (Å²) in [4.78, 5) is 12.1. The molecule has 88 valence electrons. The summed E-state index contributed by atoms with van der Waals surface area (Å²) in [6, 6.07) is -0.884. The zero-order chi connectivity index (χ0) is 12.1. The summed E-state index contributed by atoms with van der Waals surface area (Å²) in [6.07, 6.45) is -4.44. The first-order chi connectivity index (χ1) is 6.76. The van der Waals surface area contributed by atoms with Crippen LogP contribution in [0.15, 0.2) is 0 Å². The number of halogens is 3. The number of likely N-dealkylation sites (N-methyl/N-ethyl adjacent to an activating group) is 1. The zero-order valence-electron chi connectivity index (χ0n) is 8.19. The third kappa shape index (κ3) is 6.58. The predicted octanol–water partition coefficient (Wildman–Crippen LogP) is 0.516. The molecule has 0 bridgehead atoms. The minimum atomic E-state index is -4.44. The van der Waals surface area contributed by atoms with E-state index in [1.807, 2.05) is 0 Å². The van der Waals surface area contributed by atoms with Gasteiger partial charge in [0.05, 0.1) is 6.54 Å². The van der Waals surface area contributed by atoms with Gasteiger partial charge < -0.3 is 16.0 Å². The highest BCUT2D eigenvalue weighted by Gasteiger charge is 2.28. The second kappa shape index (κ2) is 5.42. The molecule has 4 N–H and O–H groups in total. The van der Waals surface area contributed by atoms with Gasteiger partial charge in [-0.1, -0.05) is 0 Å². The average molecular weight is 226 g/mol. The molecule has 0 aromatic carbocycles. The molecule has 0 spiro atoms. The number of urea groups is 1. The van der Waals surface area contributed by atoms with Crippen LogP contribution in [0.25, 0.3) is 0 Å². The minimum absolute atomic E-state index is 0.180. The Labute approximate surface area is 84.9 Å². The van der Waals surface area contributed by atoms with E-state index in [9.17, 15) is 18.0 Å². The van der Waals surface area contributed by atoms with Gasteiger partial charge in [0.2, 0.25) is 0 Å². The first-order valence-electron chi connectivity index (χ1n) is 4.18. The number of nitrogens with zero attached hydrogens (tertiary/aromatic N) is 1. The molecule has 0 aromatic heterocycles. The number of amidine groups is 1. The number of carbonyl (C=O) groups excluding carboxylic acids is 1. The molecule has 0 atom stereocenters. The van der Waals surface area contributed by atoms with E-state index in [4.69, 9.17) is 11.1 Å². The molecule has 15 heavy (non-hydrogen) atoms. The molecule has 0 fully saturated rings. The van der Waals surface area contributed by atoms with Gasteiger partial charge in [-0.15, -0.1) is 0 Å². The normalized spacial score (nSPS) is 10.9. The van der Waals surface area contributed by atoms with Gasteiger partial charge in [-0.2, -0.15) is 13.2 Å². The molecule has 0 aromatic rings. The van der Waals surface area contributed by atoms with Crippen LogP contribution in [0, 0.1) is 5.41 Å². The molecule has 0 rings (SSSR count). The van der Waals surface area contributed by atoms with Crippen molar-refractivity contribution in [3.63, 3.8) is 0 Å². The maximum Gasteiger partial charge on any atom is 0.405 e. The number of nitrogens with one attached hydrogen (secondary N) is 2. The maximum absolute atomic E-state index is 11.7. The fraction of sp³-hybridized carbons (Fsp3) is 0.714. The largest absolute Gasteiger partial charge is 0.405 e. The lowest BCUT2D eigenvalue weighted by atomic mass is 10.5. The van der Waals surface area contributed by atoms with Gasteiger partial charge in [0.1, 0.15) is 12.4 Å². The number of hydrogen-bond acceptors (Lipinski definition) is 2. The van der Waals surface area contributed by atoms with Gasteiger partial charge in [-0.3, -0.25) is 5.41 Å². The van der Waals surface area contributed by atoms with Gasteiger partial charge in [0.15, 0.2) is 0 Å². The summed E-state index contributed by atoms with van der Waals surface area (Å²) < 4.78 is 35.2. The van der Waals surface area contributed by atoms with Crippen LogP contribution in [0.2, 0.25) is 0 Å². The Morgan fingerprint density at radius 1 is 1.53 bits per heavy atom. The van der Waals surface area contributed by atoms with Crippen LogP contribution in [-0.4, -0.2) is 42.6 Å². The molecule has 0 saturated heterocycles. The molecule has 0 aliphatic heterocycles. The Kier molecular flexibility index (Phi) is 4.89. The standard InChI is InChI=1S/C7H13F3N4O/c1-2-14(3-5(11)12)6(15)13-4-7(8,9)10/h2-4H2,1H3,(H3,11,12)(H,13,15). The van der Waals surface area contributed by atoms with Gasteiger partial charge in [0, 0.05) is 6.54 Å². The van der Waals surface area contributed by atoms with Gasteiger partial charge in [-0.05, 0) is 6.92 Å². The van der Waals surface area contributed by atoms with Gasteiger partial charge in [0.25, 0.3) is 0 Å². The molecular weight excluding hydrogens is 213 g/mol. The predicted molar refractivity (Wildman–Crippen MR) is 48.6 cm³/mol. The Hall–Kier alpha value is -1.47. The minimum Gasteiger partial charge on any atom is -0.386 e. The van der Waals surface area contributed by atoms with Crippen molar-refractivity contribution in [3.05, 3.63) is 0 Å². The number of rotatable bonds is 4. The molecule has 0 aliphatic rings. The summed E-state index contributed by atoms with van der Waals surface area (Å²) in [6.45, 7) is 0.194. The van der Waals surface area contributed by atoms with E-state index in [0.29, 0.717) is 0 Å². The number of amides is 2. The molecule has 8 heteroatoms. The topological polar surface area (TPSA) is 82.2 Å². The van der Waals surface area contributed by atoms with Crippen LogP contribution >= 0.6 is 0 Å². The van der Waals surface area contributed by atoms with Crippen LogP contribution in [0.3, 0.4) is 0 Å². The monoisotopic (exact) mass is 226 g/mol. The molecule has 0 unspecified atom stereocenters. The molecule has 0 saturated carbocycles. The van der Waals surface area contributed by atoms with Crippen LogP contribution in [-0.2, 0) is 0 Å². The molecule has 5 nitrogen and oxygen atoms in total. The third-order valence-corrected chi connectivity index (χ3v) is 1.47. The highest BCUT2D eigenvalue weighted by molar-refractivity contribution is 5.84. The lowest BCUT2D eigenvalue weighted by molar-refractivity contribution is -0.123. The molecule has 2 amide bonds. The number of carbonyl (C=O) groups is 1. The van der Waals surface area contributed by atoms with Crippen molar-refractivity contribution in [2.75, 3.05) is 19.6 Å². The highest BCUT2D eigenvalue weighted by atomic mass is 19.4. The first-order valence-corrected chi connectivity index (χ1v) is 4.18. The van der Waals surface area contributed by atoms with Crippen molar-refractivity contribution in [3.8, 4) is 0 Å². The molecule has 0 heterocycles. The Morgan fingerprint density at radius 2 is 2.07 bits per heavy atom. The van der Waals surface area contributed by atoms with E-state index in [1.54, 1.807) is 12.2 Å². The van der Waals surface area contributed by atoms with Crippen molar-refractivity contribution >= 4 is 11.9 Å². The smallest absolute Gasteiger partial charge is 0.386 e. The summed E-state index contributed by atoms with van der Waals surface area (Å²) in [7, 11) is 0. The van der Waals surface area contributed by atoms with Crippen molar-refractivity contribution in [2.24, 2.45) is 5.73 Å². The number of hydrogen-bond donors (Lipinski definition) is 3. The summed E-state index contributed by atoms with van der Waals surface area (Å²) in [5, 5.41) is 8.60. The van der Waals surface area contributed by atoms with E-state index in [0.717, 1.165) is 4.90 Å². The van der Waals surface area contributed by atoms with Gasteiger partial charge in [-0.25, -0.2) is 4.79 Å². The molecule has 0 aliphatic carbocycles. The van der Waals surface area contributed by atoms with Gasteiger partial charge >= 0.3 is 12.2 Å². The second-order valence-electron chi connectivity index (χ2n) is 2.81. The van der Waals surface area contributed by atoms with E-state index >= 15 is 0 Å². The fourth-order valence-corrected chi connectivity index (χ4v) is 0.820. The third-order valence-electron chi connectivity index (χ3n) is 1.47. The number of alkyl halides is 3.